The molecular formula is C14H18N2O. The molecule has 1 rings (SSSR count). The molecule has 0 bridgehead atoms. The standard InChI is InChI=1S/C14H18N2O/c1-10(2)14(17)16-13-9-12(5-4-8-15)7-6-11(13)3/h6-7,9-10H,8,15H2,1-3H3,(H,16,17). The summed E-state index contributed by atoms with van der Waals surface area (Å²) in [6.07, 6.45) is 0. The molecule has 1 amide bonds. The molecule has 3 heteroatoms. The molecular weight excluding hydrogens is 212 g/mol. The molecule has 0 fully saturated rings. The van der Waals surface area contributed by atoms with Crippen LogP contribution in [-0.4, -0.2) is 12.5 Å². The second-order valence-corrected chi connectivity index (χ2v) is 4.18. The number of carbonyl (C=O) groups is 1. The lowest BCUT2D eigenvalue weighted by molar-refractivity contribution is -0.118. The number of amides is 1. The van der Waals surface area contributed by atoms with Gasteiger partial charge in [-0.25, -0.2) is 0 Å². The minimum Gasteiger partial charge on any atom is -0.326 e. The Kier molecular flexibility index (Phi) is 4.74. The third-order valence-corrected chi connectivity index (χ3v) is 2.35. The summed E-state index contributed by atoms with van der Waals surface area (Å²) in [6.45, 7) is 6.02. The van der Waals surface area contributed by atoms with Crippen LogP contribution in [0.1, 0.15) is 25.0 Å². The number of carbonyl (C=O) groups excluding carboxylic acids is 1. The Balaban J connectivity index is 2.94. The van der Waals surface area contributed by atoms with E-state index in [-0.39, 0.29) is 11.8 Å². The van der Waals surface area contributed by atoms with Crippen molar-refractivity contribution in [1.82, 2.24) is 0 Å². The van der Waals surface area contributed by atoms with Crippen molar-refractivity contribution in [2.24, 2.45) is 11.7 Å². The van der Waals surface area contributed by atoms with Crippen molar-refractivity contribution in [2.75, 3.05) is 11.9 Å². The van der Waals surface area contributed by atoms with Gasteiger partial charge in [0, 0.05) is 17.2 Å². The zero-order valence-corrected chi connectivity index (χ0v) is 10.5. The van der Waals surface area contributed by atoms with Crippen LogP contribution in [0.5, 0.6) is 0 Å². The van der Waals surface area contributed by atoms with E-state index in [9.17, 15) is 4.79 Å². The normalized spacial score (nSPS) is 9.71. The first kappa shape index (κ1) is 13.3. The SMILES string of the molecule is Cc1ccc(C#CCN)cc1NC(=O)C(C)C. The monoisotopic (exact) mass is 230 g/mol. The van der Waals surface area contributed by atoms with Gasteiger partial charge in [-0.3, -0.25) is 4.79 Å². The maximum Gasteiger partial charge on any atom is 0.226 e. The molecule has 1 aromatic carbocycles. The van der Waals surface area contributed by atoms with Crippen molar-refractivity contribution in [3.63, 3.8) is 0 Å². The number of nitrogens with two attached hydrogens (primary N) is 1. The van der Waals surface area contributed by atoms with Crippen LogP contribution < -0.4 is 11.1 Å². The number of aryl methyl sites for hydroxylation is 1. The van der Waals surface area contributed by atoms with Crippen molar-refractivity contribution < 1.29 is 4.79 Å². The number of benzene rings is 1. The van der Waals surface area contributed by atoms with E-state index >= 15 is 0 Å². The van der Waals surface area contributed by atoms with Gasteiger partial charge >= 0.3 is 0 Å². The van der Waals surface area contributed by atoms with Gasteiger partial charge in [-0.15, -0.1) is 0 Å². The van der Waals surface area contributed by atoms with E-state index in [2.05, 4.69) is 17.2 Å². The van der Waals surface area contributed by atoms with Gasteiger partial charge in [-0.1, -0.05) is 31.8 Å². The number of hydrogen-bond acceptors (Lipinski definition) is 2. The van der Waals surface area contributed by atoms with Crippen LogP contribution >= 0.6 is 0 Å². The topological polar surface area (TPSA) is 55.1 Å². The third-order valence-electron chi connectivity index (χ3n) is 2.35. The van der Waals surface area contributed by atoms with E-state index in [1.807, 2.05) is 39.0 Å². The van der Waals surface area contributed by atoms with Crippen molar-refractivity contribution >= 4 is 11.6 Å². The second kappa shape index (κ2) is 6.07. The molecule has 0 aliphatic heterocycles. The minimum absolute atomic E-state index is 0.0111. The highest BCUT2D eigenvalue weighted by Crippen LogP contribution is 2.17. The van der Waals surface area contributed by atoms with E-state index in [4.69, 9.17) is 5.73 Å². The van der Waals surface area contributed by atoms with Crippen LogP contribution in [0.2, 0.25) is 0 Å². The Bertz CT molecular complexity index is 467. The summed E-state index contributed by atoms with van der Waals surface area (Å²) in [7, 11) is 0. The highest BCUT2D eigenvalue weighted by molar-refractivity contribution is 5.92. The summed E-state index contributed by atoms with van der Waals surface area (Å²) in [5, 5.41) is 2.89. The number of rotatable bonds is 2. The Morgan fingerprint density at radius 1 is 1.47 bits per heavy atom. The van der Waals surface area contributed by atoms with Crippen LogP contribution in [-0.2, 0) is 4.79 Å². The molecule has 0 unspecified atom stereocenters. The summed E-state index contributed by atoms with van der Waals surface area (Å²) in [5.41, 5.74) is 8.02. The van der Waals surface area contributed by atoms with Crippen molar-refractivity contribution in [2.45, 2.75) is 20.8 Å². The largest absolute Gasteiger partial charge is 0.326 e. The van der Waals surface area contributed by atoms with Crippen LogP contribution in [0.15, 0.2) is 18.2 Å². The van der Waals surface area contributed by atoms with Crippen LogP contribution in [0, 0.1) is 24.7 Å². The molecule has 3 nitrogen and oxygen atoms in total. The van der Waals surface area contributed by atoms with E-state index in [0.29, 0.717) is 6.54 Å². The third kappa shape index (κ3) is 3.93. The predicted octanol–water partition coefficient (Wildman–Crippen LogP) is 1.90. The molecule has 0 aliphatic rings. The Morgan fingerprint density at radius 2 is 2.18 bits per heavy atom. The van der Waals surface area contributed by atoms with Gasteiger partial charge in [0.1, 0.15) is 0 Å². The zero-order valence-electron chi connectivity index (χ0n) is 10.5. The molecule has 0 spiro atoms. The Morgan fingerprint density at radius 3 is 2.76 bits per heavy atom. The minimum atomic E-state index is -0.0341. The molecule has 0 saturated carbocycles. The van der Waals surface area contributed by atoms with Gasteiger partial charge in [-0.2, -0.15) is 0 Å². The summed E-state index contributed by atoms with van der Waals surface area (Å²) in [6, 6.07) is 5.73. The average Bonchev–Trinajstić information content (AvgIpc) is 2.29. The highest BCUT2D eigenvalue weighted by atomic mass is 16.1. The van der Waals surface area contributed by atoms with Gasteiger partial charge in [0.2, 0.25) is 5.91 Å². The molecule has 3 N–H and O–H groups in total. The summed E-state index contributed by atoms with van der Waals surface area (Å²) in [4.78, 5) is 11.6. The van der Waals surface area contributed by atoms with Gasteiger partial charge in [0.15, 0.2) is 0 Å². The van der Waals surface area contributed by atoms with Gasteiger partial charge in [0.05, 0.1) is 6.54 Å². The molecule has 0 atom stereocenters. The van der Waals surface area contributed by atoms with E-state index in [0.717, 1.165) is 16.8 Å². The van der Waals surface area contributed by atoms with Crippen molar-refractivity contribution in [3.8, 4) is 11.8 Å². The molecule has 90 valence electrons. The first-order valence-corrected chi connectivity index (χ1v) is 5.65. The number of nitrogens with one attached hydrogen (secondary N) is 1. The number of anilines is 1. The zero-order chi connectivity index (χ0) is 12.8. The fourth-order valence-corrected chi connectivity index (χ4v) is 1.26. The summed E-state index contributed by atoms with van der Waals surface area (Å²) < 4.78 is 0. The van der Waals surface area contributed by atoms with Gasteiger partial charge in [0.25, 0.3) is 0 Å². The van der Waals surface area contributed by atoms with Crippen LogP contribution in [0.4, 0.5) is 5.69 Å². The fourth-order valence-electron chi connectivity index (χ4n) is 1.26. The van der Waals surface area contributed by atoms with Crippen molar-refractivity contribution in [3.05, 3.63) is 29.3 Å². The second-order valence-electron chi connectivity index (χ2n) is 4.18. The van der Waals surface area contributed by atoms with E-state index < -0.39 is 0 Å². The van der Waals surface area contributed by atoms with Gasteiger partial charge in [-0.05, 0) is 24.6 Å². The van der Waals surface area contributed by atoms with Gasteiger partial charge < -0.3 is 11.1 Å². The lowest BCUT2D eigenvalue weighted by atomic mass is 10.1. The highest BCUT2D eigenvalue weighted by Gasteiger charge is 2.08. The van der Waals surface area contributed by atoms with Crippen LogP contribution in [0.25, 0.3) is 0 Å². The van der Waals surface area contributed by atoms with Crippen molar-refractivity contribution in [1.29, 1.82) is 0 Å². The predicted molar refractivity (Wildman–Crippen MR) is 70.6 cm³/mol. The lowest BCUT2D eigenvalue weighted by Crippen LogP contribution is -2.18. The Labute approximate surface area is 102 Å². The Hall–Kier alpha value is -1.79. The quantitative estimate of drug-likeness (QED) is 0.762. The molecule has 1 aromatic rings. The molecule has 0 aliphatic carbocycles. The first-order chi connectivity index (χ1) is 8.04. The summed E-state index contributed by atoms with van der Waals surface area (Å²) >= 11 is 0. The van der Waals surface area contributed by atoms with E-state index in [1.54, 1.807) is 0 Å². The first-order valence-electron chi connectivity index (χ1n) is 5.65. The van der Waals surface area contributed by atoms with Crippen LogP contribution in [0.3, 0.4) is 0 Å². The molecule has 0 aromatic heterocycles. The van der Waals surface area contributed by atoms with E-state index in [1.165, 1.54) is 0 Å². The summed E-state index contributed by atoms with van der Waals surface area (Å²) in [5.74, 6) is 5.72. The molecule has 0 heterocycles. The molecule has 17 heavy (non-hydrogen) atoms. The maximum atomic E-state index is 11.6. The molecule has 0 radical (unpaired) electrons. The fraction of sp³-hybridized carbons (Fsp3) is 0.357. The lowest BCUT2D eigenvalue weighted by Gasteiger charge is -2.10. The smallest absolute Gasteiger partial charge is 0.226 e. The number of hydrogen-bond donors (Lipinski definition) is 2. The molecule has 0 saturated heterocycles. The maximum absolute atomic E-state index is 11.6. The average molecular weight is 230 g/mol.